The maximum absolute atomic E-state index is 4.82. The Kier molecular flexibility index (Phi) is 5.46. The first kappa shape index (κ1) is 18.7. The molecule has 1 aliphatic rings. The van der Waals surface area contributed by atoms with Gasteiger partial charge in [0.05, 0.1) is 6.33 Å². The van der Waals surface area contributed by atoms with Crippen molar-refractivity contribution in [1.82, 2.24) is 19.5 Å². The molecule has 6 nitrogen and oxygen atoms in total. The topological polar surface area (TPSA) is 67.7 Å². The van der Waals surface area contributed by atoms with Crippen molar-refractivity contribution in [2.24, 2.45) is 0 Å². The Morgan fingerprint density at radius 3 is 2.54 bits per heavy atom. The Bertz CT molecular complexity index is 922. The summed E-state index contributed by atoms with van der Waals surface area (Å²) in [6, 6.07) is 9.33. The first-order chi connectivity index (χ1) is 13.6. The van der Waals surface area contributed by atoms with Crippen molar-refractivity contribution in [1.29, 1.82) is 0 Å². The molecule has 1 saturated carbocycles. The molecule has 0 bridgehead atoms. The number of aryl methyl sites for hydroxylation is 1. The summed E-state index contributed by atoms with van der Waals surface area (Å²) in [6.07, 6.45) is 8.14. The highest BCUT2D eigenvalue weighted by Gasteiger charge is 2.18. The summed E-state index contributed by atoms with van der Waals surface area (Å²) in [5.41, 5.74) is 4.20. The number of hydrogen-bond acceptors (Lipinski definition) is 5. The minimum absolute atomic E-state index is 0.298. The van der Waals surface area contributed by atoms with E-state index >= 15 is 0 Å². The molecule has 0 saturated heterocycles. The van der Waals surface area contributed by atoms with E-state index in [4.69, 9.17) is 9.97 Å². The fourth-order valence-electron chi connectivity index (χ4n) is 3.80. The van der Waals surface area contributed by atoms with Gasteiger partial charge >= 0.3 is 0 Å². The van der Waals surface area contributed by atoms with Crippen molar-refractivity contribution >= 4 is 22.9 Å². The molecule has 0 radical (unpaired) electrons. The van der Waals surface area contributed by atoms with Crippen LogP contribution in [-0.4, -0.2) is 25.6 Å². The van der Waals surface area contributed by atoms with Crippen LogP contribution in [0.3, 0.4) is 0 Å². The minimum atomic E-state index is 0.298. The van der Waals surface area contributed by atoms with Crippen molar-refractivity contribution in [3.8, 4) is 0 Å². The average Bonchev–Trinajstić information content (AvgIpc) is 3.12. The Balaban J connectivity index is 1.63. The van der Waals surface area contributed by atoms with Crippen LogP contribution in [0.2, 0.25) is 0 Å². The molecule has 2 heterocycles. The largest absolute Gasteiger partial charge is 0.364 e. The second kappa shape index (κ2) is 8.17. The molecule has 3 aromatic rings. The summed E-state index contributed by atoms with van der Waals surface area (Å²) in [4.78, 5) is 14.2. The quantitative estimate of drug-likeness (QED) is 0.627. The summed E-state index contributed by atoms with van der Waals surface area (Å²) in [5.74, 6) is 1.50. The number of nitrogens with one attached hydrogen (secondary N) is 2. The lowest BCUT2D eigenvalue weighted by Gasteiger charge is -2.23. The van der Waals surface area contributed by atoms with Crippen LogP contribution in [0.4, 0.5) is 11.8 Å². The first-order valence-electron chi connectivity index (χ1n) is 10.4. The molecule has 0 amide bonds. The van der Waals surface area contributed by atoms with Gasteiger partial charge in [0.15, 0.2) is 17.0 Å². The molecule has 0 spiro atoms. The molecule has 148 valence electrons. The molecule has 1 fully saturated rings. The van der Waals surface area contributed by atoms with Crippen LogP contribution in [0.5, 0.6) is 0 Å². The van der Waals surface area contributed by atoms with Gasteiger partial charge in [-0.2, -0.15) is 9.97 Å². The maximum Gasteiger partial charge on any atom is 0.227 e. The zero-order chi connectivity index (χ0) is 19.5. The number of rotatable bonds is 6. The molecule has 28 heavy (non-hydrogen) atoms. The highest BCUT2D eigenvalue weighted by Crippen LogP contribution is 2.26. The molecule has 1 aliphatic carbocycles. The van der Waals surface area contributed by atoms with Crippen LogP contribution in [0.15, 0.2) is 30.6 Å². The lowest BCUT2D eigenvalue weighted by molar-refractivity contribution is 0.461. The second-order valence-corrected chi connectivity index (χ2v) is 8.13. The molecular formula is C22H30N6. The molecule has 6 heteroatoms. The summed E-state index contributed by atoms with van der Waals surface area (Å²) in [7, 11) is 0. The molecule has 2 N–H and O–H groups in total. The predicted molar refractivity (Wildman–Crippen MR) is 115 cm³/mol. The number of benzene rings is 1. The van der Waals surface area contributed by atoms with Crippen LogP contribution in [-0.2, 0) is 6.54 Å². The number of anilines is 2. The van der Waals surface area contributed by atoms with E-state index < -0.39 is 0 Å². The second-order valence-electron chi connectivity index (χ2n) is 8.13. The third-order valence-electron chi connectivity index (χ3n) is 5.50. The zero-order valence-electron chi connectivity index (χ0n) is 17.1. The normalized spacial score (nSPS) is 15.3. The average molecular weight is 379 g/mol. The smallest absolute Gasteiger partial charge is 0.227 e. The summed E-state index contributed by atoms with van der Waals surface area (Å²) < 4.78 is 2.11. The van der Waals surface area contributed by atoms with E-state index in [9.17, 15) is 0 Å². The SMILES string of the molecule is Cc1ccc(CNc2nc(NC3CCCCC3)nc3c2ncn3C(C)C)cc1. The van der Waals surface area contributed by atoms with Crippen molar-refractivity contribution in [2.75, 3.05) is 10.6 Å². The van der Waals surface area contributed by atoms with Crippen molar-refractivity contribution < 1.29 is 0 Å². The summed E-state index contributed by atoms with van der Waals surface area (Å²) in [5, 5.41) is 7.06. The van der Waals surface area contributed by atoms with Gasteiger partial charge < -0.3 is 15.2 Å². The van der Waals surface area contributed by atoms with Gasteiger partial charge in [0.25, 0.3) is 0 Å². The monoisotopic (exact) mass is 378 g/mol. The van der Waals surface area contributed by atoms with Crippen molar-refractivity contribution in [3.05, 3.63) is 41.7 Å². The van der Waals surface area contributed by atoms with Gasteiger partial charge in [0.2, 0.25) is 5.95 Å². The highest BCUT2D eigenvalue weighted by molar-refractivity contribution is 5.84. The number of hydrogen-bond donors (Lipinski definition) is 2. The van der Waals surface area contributed by atoms with Gasteiger partial charge in [0, 0.05) is 18.6 Å². The highest BCUT2D eigenvalue weighted by atomic mass is 15.2. The van der Waals surface area contributed by atoms with Gasteiger partial charge in [-0.25, -0.2) is 4.98 Å². The minimum Gasteiger partial charge on any atom is -0.364 e. The fourth-order valence-corrected chi connectivity index (χ4v) is 3.80. The lowest BCUT2D eigenvalue weighted by Crippen LogP contribution is -2.24. The van der Waals surface area contributed by atoms with Gasteiger partial charge in [-0.15, -0.1) is 0 Å². The number of imidazole rings is 1. The van der Waals surface area contributed by atoms with Crippen LogP contribution in [0.1, 0.15) is 63.1 Å². The number of nitrogens with zero attached hydrogens (tertiary/aromatic N) is 4. The van der Waals surface area contributed by atoms with Crippen molar-refractivity contribution in [2.45, 2.75) is 71.5 Å². The van der Waals surface area contributed by atoms with Gasteiger partial charge in [-0.3, -0.25) is 0 Å². The van der Waals surface area contributed by atoms with Gasteiger partial charge in [0.1, 0.15) is 0 Å². The van der Waals surface area contributed by atoms with E-state index in [1.54, 1.807) is 0 Å². The van der Waals surface area contributed by atoms with E-state index in [0.29, 0.717) is 24.6 Å². The van der Waals surface area contributed by atoms with Gasteiger partial charge in [-0.05, 0) is 39.2 Å². The molecule has 0 aliphatic heterocycles. The standard InChI is InChI=1S/C22H30N6/c1-15(2)28-14-24-19-20(23-13-17-11-9-16(3)10-12-17)26-22(27-21(19)28)25-18-7-5-4-6-8-18/h9-12,14-15,18H,4-8,13H2,1-3H3,(H2,23,25,26,27). The zero-order valence-corrected chi connectivity index (χ0v) is 17.1. The molecule has 4 rings (SSSR count). The predicted octanol–water partition coefficient (Wildman–Crippen LogP) is 5.07. The Hall–Kier alpha value is -2.63. The van der Waals surface area contributed by atoms with Crippen LogP contribution >= 0.6 is 0 Å². The Morgan fingerprint density at radius 2 is 1.82 bits per heavy atom. The maximum atomic E-state index is 4.82. The first-order valence-corrected chi connectivity index (χ1v) is 10.4. The lowest BCUT2D eigenvalue weighted by atomic mass is 9.96. The van der Waals surface area contributed by atoms with Gasteiger partial charge in [-0.1, -0.05) is 49.1 Å². The molecular weight excluding hydrogens is 348 g/mol. The van der Waals surface area contributed by atoms with E-state index in [1.807, 2.05) is 6.33 Å². The van der Waals surface area contributed by atoms with E-state index in [0.717, 1.165) is 17.0 Å². The van der Waals surface area contributed by atoms with E-state index in [2.05, 4.69) is 65.2 Å². The molecule has 0 unspecified atom stereocenters. The molecule has 1 aromatic carbocycles. The third kappa shape index (κ3) is 4.11. The van der Waals surface area contributed by atoms with Crippen LogP contribution < -0.4 is 10.6 Å². The molecule has 0 atom stereocenters. The van der Waals surface area contributed by atoms with E-state index in [-0.39, 0.29) is 0 Å². The summed E-state index contributed by atoms with van der Waals surface area (Å²) >= 11 is 0. The number of fused-ring (bicyclic) bond motifs is 1. The Labute approximate surface area is 166 Å². The van der Waals surface area contributed by atoms with Crippen LogP contribution in [0.25, 0.3) is 11.2 Å². The van der Waals surface area contributed by atoms with Crippen molar-refractivity contribution in [3.63, 3.8) is 0 Å². The summed E-state index contributed by atoms with van der Waals surface area (Å²) in [6.45, 7) is 7.12. The third-order valence-corrected chi connectivity index (χ3v) is 5.50. The Morgan fingerprint density at radius 1 is 1.07 bits per heavy atom. The van der Waals surface area contributed by atoms with Crippen LogP contribution in [0, 0.1) is 6.92 Å². The fraction of sp³-hybridized carbons (Fsp3) is 0.500. The molecule has 2 aromatic heterocycles. The number of aromatic nitrogens is 4. The van der Waals surface area contributed by atoms with E-state index in [1.165, 1.54) is 43.2 Å².